The number of urea groups is 1. The van der Waals surface area contributed by atoms with E-state index in [0.29, 0.717) is 12.3 Å². The van der Waals surface area contributed by atoms with Gasteiger partial charge in [-0.2, -0.15) is 0 Å². The van der Waals surface area contributed by atoms with Crippen LogP contribution in [0.3, 0.4) is 0 Å². The number of carbonyl (C=O) groups excluding carboxylic acids is 1. The molecule has 124 valence electrons. The van der Waals surface area contributed by atoms with Crippen LogP contribution in [-0.2, 0) is 6.54 Å². The summed E-state index contributed by atoms with van der Waals surface area (Å²) in [4.78, 5) is 13.7. The number of nitrogens with zero attached hydrogens (tertiary/aromatic N) is 1. The molecule has 2 amide bonds. The van der Waals surface area contributed by atoms with Crippen molar-refractivity contribution in [3.05, 3.63) is 23.8 Å². The minimum atomic E-state index is -0.0979. The maximum atomic E-state index is 12.1. The number of nitrogens with one attached hydrogen (secondary N) is 1. The molecule has 1 atom stereocenters. The van der Waals surface area contributed by atoms with Crippen molar-refractivity contribution in [2.75, 3.05) is 14.2 Å². The number of carbonyl (C=O) groups is 1. The first kappa shape index (κ1) is 18.1. The third kappa shape index (κ3) is 5.84. The van der Waals surface area contributed by atoms with Crippen molar-refractivity contribution in [3.8, 4) is 11.5 Å². The lowest BCUT2D eigenvalue weighted by atomic mass is 10.1. The molecule has 2 N–H and O–H groups in total. The van der Waals surface area contributed by atoms with Gasteiger partial charge in [-0.15, -0.1) is 0 Å². The van der Waals surface area contributed by atoms with Gasteiger partial charge in [0.1, 0.15) is 0 Å². The Bertz CT molecular complexity index is 477. The Morgan fingerprint density at radius 2 is 2.14 bits per heavy atom. The lowest BCUT2D eigenvalue weighted by Gasteiger charge is -2.21. The number of methoxy groups -OCH3 is 1. The predicted octanol–water partition coefficient (Wildman–Crippen LogP) is 3.51. The van der Waals surface area contributed by atoms with Gasteiger partial charge in [-0.25, -0.2) is 4.79 Å². The van der Waals surface area contributed by atoms with Gasteiger partial charge in [0.25, 0.3) is 0 Å². The fourth-order valence-electron chi connectivity index (χ4n) is 2.27. The van der Waals surface area contributed by atoms with Crippen LogP contribution in [0, 0.1) is 0 Å². The molecule has 0 aromatic heterocycles. The molecule has 0 radical (unpaired) electrons. The van der Waals surface area contributed by atoms with Crippen LogP contribution < -0.4 is 10.1 Å². The van der Waals surface area contributed by atoms with E-state index >= 15 is 0 Å². The van der Waals surface area contributed by atoms with Gasteiger partial charge in [0.15, 0.2) is 11.5 Å². The minimum Gasteiger partial charge on any atom is -0.504 e. The standard InChI is InChI=1S/C17H28N2O3/c1-5-6-7-8-13(2)18-17(21)19(3)12-14-9-10-16(22-4)15(20)11-14/h9-11,13,20H,5-8,12H2,1-4H3,(H,18,21). The van der Waals surface area contributed by atoms with Gasteiger partial charge in [-0.05, 0) is 31.0 Å². The van der Waals surface area contributed by atoms with E-state index in [1.54, 1.807) is 24.1 Å². The van der Waals surface area contributed by atoms with Crippen molar-refractivity contribution in [1.82, 2.24) is 10.2 Å². The van der Waals surface area contributed by atoms with Crippen LogP contribution in [0.25, 0.3) is 0 Å². The summed E-state index contributed by atoms with van der Waals surface area (Å²) < 4.78 is 5.01. The predicted molar refractivity (Wildman–Crippen MR) is 88.3 cm³/mol. The van der Waals surface area contributed by atoms with E-state index in [4.69, 9.17) is 4.74 Å². The molecule has 22 heavy (non-hydrogen) atoms. The van der Waals surface area contributed by atoms with Crippen LogP contribution in [-0.4, -0.2) is 36.2 Å². The van der Waals surface area contributed by atoms with Crippen molar-refractivity contribution >= 4 is 6.03 Å². The zero-order valence-corrected chi connectivity index (χ0v) is 14.1. The zero-order valence-electron chi connectivity index (χ0n) is 14.1. The number of phenols is 1. The maximum Gasteiger partial charge on any atom is 0.317 e. The topological polar surface area (TPSA) is 61.8 Å². The number of hydrogen-bond acceptors (Lipinski definition) is 3. The third-order valence-corrected chi connectivity index (χ3v) is 3.62. The number of hydrogen-bond donors (Lipinski definition) is 2. The van der Waals surface area contributed by atoms with Crippen molar-refractivity contribution in [2.45, 2.75) is 52.1 Å². The molecule has 0 aliphatic rings. The third-order valence-electron chi connectivity index (χ3n) is 3.62. The smallest absolute Gasteiger partial charge is 0.317 e. The number of amides is 2. The molecule has 0 saturated carbocycles. The number of phenolic OH excluding ortho intramolecular Hbond substituents is 1. The number of rotatable bonds is 8. The van der Waals surface area contributed by atoms with Crippen LogP contribution in [0.15, 0.2) is 18.2 Å². The number of unbranched alkanes of at least 4 members (excludes halogenated alkanes) is 2. The monoisotopic (exact) mass is 308 g/mol. The number of ether oxygens (including phenoxy) is 1. The highest BCUT2D eigenvalue weighted by atomic mass is 16.5. The molecule has 0 bridgehead atoms. The highest BCUT2D eigenvalue weighted by Gasteiger charge is 2.13. The molecule has 0 aliphatic heterocycles. The second-order valence-electron chi connectivity index (χ2n) is 5.71. The largest absolute Gasteiger partial charge is 0.504 e. The van der Waals surface area contributed by atoms with Gasteiger partial charge in [0, 0.05) is 19.6 Å². The Labute approximate surface area is 133 Å². The van der Waals surface area contributed by atoms with E-state index in [1.807, 2.05) is 13.0 Å². The summed E-state index contributed by atoms with van der Waals surface area (Å²) in [5.74, 6) is 0.516. The molecule has 1 aromatic rings. The van der Waals surface area contributed by atoms with E-state index < -0.39 is 0 Å². The quantitative estimate of drug-likeness (QED) is 0.722. The Kier molecular flexibility index (Phi) is 7.57. The Hall–Kier alpha value is -1.91. The molecule has 0 spiro atoms. The molecule has 1 aromatic carbocycles. The Morgan fingerprint density at radius 1 is 1.41 bits per heavy atom. The summed E-state index contributed by atoms with van der Waals surface area (Å²) in [6, 6.07) is 5.23. The van der Waals surface area contributed by atoms with Gasteiger partial charge in [-0.1, -0.05) is 32.3 Å². The number of aromatic hydroxyl groups is 1. The Balaban J connectivity index is 2.48. The van der Waals surface area contributed by atoms with Crippen LogP contribution in [0.4, 0.5) is 4.79 Å². The lowest BCUT2D eigenvalue weighted by molar-refractivity contribution is 0.202. The van der Waals surface area contributed by atoms with Gasteiger partial charge in [0.2, 0.25) is 0 Å². The Morgan fingerprint density at radius 3 is 2.73 bits per heavy atom. The van der Waals surface area contributed by atoms with Crippen molar-refractivity contribution < 1.29 is 14.6 Å². The molecule has 1 unspecified atom stereocenters. The normalized spacial score (nSPS) is 11.8. The van der Waals surface area contributed by atoms with Gasteiger partial charge in [-0.3, -0.25) is 0 Å². The molecule has 0 aliphatic carbocycles. The second-order valence-corrected chi connectivity index (χ2v) is 5.71. The van der Waals surface area contributed by atoms with Crippen molar-refractivity contribution in [1.29, 1.82) is 0 Å². The molecule has 0 saturated heterocycles. The van der Waals surface area contributed by atoms with E-state index in [2.05, 4.69) is 12.2 Å². The molecule has 5 nitrogen and oxygen atoms in total. The van der Waals surface area contributed by atoms with Gasteiger partial charge >= 0.3 is 6.03 Å². The summed E-state index contributed by atoms with van der Waals surface area (Å²) >= 11 is 0. The molecule has 1 rings (SSSR count). The van der Waals surface area contributed by atoms with Crippen LogP contribution in [0.5, 0.6) is 11.5 Å². The second kappa shape index (κ2) is 9.18. The van der Waals surface area contributed by atoms with E-state index in [-0.39, 0.29) is 17.8 Å². The summed E-state index contributed by atoms with van der Waals surface area (Å²) in [5, 5.41) is 12.8. The molecular weight excluding hydrogens is 280 g/mol. The van der Waals surface area contributed by atoms with Crippen LogP contribution >= 0.6 is 0 Å². The molecular formula is C17H28N2O3. The van der Waals surface area contributed by atoms with E-state index in [1.165, 1.54) is 20.0 Å². The van der Waals surface area contributed by atoms with Gasteiger partial charge in [0.05, 0.1) is 7.11 Å². The number of benzene rings is 1. The van der Waals surface area contributed by atoms with Crippen molar-refractivity contribution in [3.63, 3.8) is 0 Å². The summed E-state index contributed by atoms with van der Waals surface area (Å²) in [6.07, 6.45) is 4.51. The van der Waals surface area contributed by atoms with Crippen LogP contribution in [0.1, 0.15) is 45.1 Å². The first-order valence-electron chi connectivity index (χ1n) is 7.85. The maximum absolute atomic E-state index is 12.1. The highest BCUT2D eigenvalue weighted by Crippen LogP contribution is 2.26. The lowest BCUT2D eigenvalue weighted by Crippen LogP contribution is -2.41. The van der Waals surface area contributed by atoms with E-state index in [0.717, 1.165) is 18.4 Å². The minimum absolute atomic E-state index is 0.0849. The molecule has 0 fully saturated rings. The fourth-order valence-corrected chi connectivity index (χ4v) is 2.27. The average Bonchev–Trinajstić information content (AvgIpc) is 2.47. The molecule has 0 heterocycles. The first-order valence-corrected chi connectivity index (χ1v) is 7.85. The van der Waals surface area contributed by atoms with Crippen LogP contribution in [0.2, 0.25) is 0 Å². The SMILES string of the molecule is CCCCCC(C)NC(=O)N(C)Cc1ccc(OC)c(O)c1. The summed E-state index contributed by atoms with van der Waals surface area (Å²) in [5.41, 5.74) is 0.856. The molecule has 5 heteroatoms. The van der Waals surface area contributed by atoms with E-state index in [9.17, 15) is 9.90 Å². The fraction of sp³-hybridized carbons (Fsp3) is 0.588. The summed E-state index contributed by atoms with van der Waals surface area (Å²) in [6.45, 7) is 4.63. The van der Waals surface area contributed by atoms with Crippen molar-refractivity contribution in [2.24, 2.45) is 0 Å². The zero-order chi connectivity index (χ0) is 16.5. The average molecular weight is 308 g/mol. The summed E-state index contributed by atoms with van der Waals surface area (Å²) in [7, 11) is 3.25. The first-order chi connectivity index (χ1) is 10.5. The highest BCUT2D eigenvalue weighted by molar-refractivity contribution is 5.74. The van der Waals surface area contributed by atoms with Gasteiger partial charge < -0.3 is 20.1 Å².